The van der Waals surface area contributed by atoms with Crippen LogP contribution in [0.4, 0.5) is 0 Å². The molecule has 16 heavy (non-hydrogen) atoms. The number of aliphatic hydroxyl groups excluding tert-OH is 1. The Morgan fingerprint density at radius 2 is 2.31 bits per heavy atom. The van der Waals surface area contributed by atoms with E-state index >= 15 is 0 Å². The average Bonchev–Trinajstić information content (AvgIpc) is 2.83. The molecule has 2 rings (SSSR count). The minimum absolute atomic E-state index is 0.196. The predicted octanol–water partition coefficient (Wildman–Crippen LogP) is 2.16. The van der Waals surface area contributed by atoms with Crippen LogP contribution >= 0.6 is 0 Å². The minimum Gasteiger partial charge on any atom is -0.493 e. The summed E-state index contributed by atoms with van der Waals surface area (Å²) in [5, 5.41) is 10.3. The van der Waals surface area contributed by atoms with Gasteiger partial charge in [0.15, 0.2) is 0 Å². The number of para-hydroxylation sites is 1. The summed E-state index contributed by atoms with van der Waals surface area (Å²) in [6, 6.07) is 7.68. The first-order valence-corrected chi connectivity index (χ1v) is 5.80. The zero-order chi connectivity index (χ0) is 11.4. The first-order valence-electron chi connectivity index (χ1n) is 5.80. The number of rotatable bonds is 4. The first-order chi connectivity index (χ1) is 7.83. The van der Waals surface area contributed by atoms with E-state index in [2.05, 4.69) is 0 Å². The molecule has 1 aromatic rings. The fourth-order valence-electron chi connectivity index (χ4n) is 2.07. The highest BCUT2D eigenvalue weighted by molar-refractivity contribution is 5.35. The van der Waals surface area contributed by atoms with E-state index in [1.165, 1.54) is 0 Å². The van der Waals surface area contributed by atoms with Crippen LogP contribution in [0.15, 0.2) is 24.3 Å². The molecule has 1 N–H and O–H groups in total. The zero-order valence-corrected chi connectivity index (χ0v) is 9.56. The molecule has 0 spiro atoms. The summed E-state index contributed by atoms with van der Waals surface area (Å²) < 4.78 is 10.8. The Kier molecular flexibility index (Phi) is 3.80. The highest BCUT2D eigenvalue weighted by Crippen LogP contribution is 2.33. The van der Waals surface area contributed by atoms with Crippen LogP contribution in [-0.2, 0) is 4.74 Å². The third kappa shape index (κ3) is 2.36. The highest BCUT2D eigenvalue weighted by atomic mass is 16.5. The molecule has 0 radical (unpaired) electrons. The smallest absolute Gasteiger partial charge is 0.125 e. The summed E-state index contributed by atoms with van der Waals surface area (Å²) in [6.45, 7) is 3.95. The van der Waals surface area contributed by atoms with Gasteiger partial charge in [-0.05, 0) is 19.4 Å². The van der Waals surface area contributed by atoms with Gasteiger partial charge >= 0.3 is 0 Å². The molecule has 1 aliphatic heterocycles. The molecule has 0 bridgehead atoms. The summed E-state index contributed by atoms with van der Waals surface area (Å²) in [4.78, 5) is 0. The second kappa shape index (κ2) is 5.32. The van der Waals surface area contributed by atoms with E-state index < -0.39 is 6.10 Å². The highest BCUT2D eigenvalue weighted by Gasteiger charge is 2.27. The molecule has 1 heterocycles. The predicted molar refractivity (Wildman–Crippen MR) is 61.5 cm³/mol. The lowest BCUT2D eigenvalue weighted by Gasteiger charge is -2.19. The van der Waals surface area contributed by atoms with E-state index in [0.717, 1.165) is 24.3 Å². The van der Waals surface area contributed by atoms with E-state index in [0.29, 0.717) is 13.2 Å². The molecule has 1 saturated heterocycles. The van der Waals surface area contributed by atoms with Gasteiger partial charge in [0.05, 0.1) is 19.3 Å². The molecule has 0 aromatic heterocycles. The molecule has 3 heteroatoms. The molecule has 0 aliphatic carbocycles. The van der Waals surface area contributed by atoms with Gasteiger partial charge in [0.25, 0.3) is 0 Å². The normalized spacial score (nSPS) is 22.0. The standard InChI is InChI=1S/C13H18O3/c1-2-16-12-6-4-3-5-11(12)13(14)10-7-8-15-9-10/h3-6,10,13-14H,2,7-9H2,1H3. The Bertz CT molecular complexity index is 332. The second-order valence-electron chi connectivity index (χ2n) is 4.04. The number of ether oxygens (including phenoxy) is 2. The molecule has 0 saturated carbocycles. The maximum atomic E-state index is 10.3. The van der Waals surface area contributed by atoms with E-state index in [-0.39, 0.29) is 5.92 Å². The van der Waals surface area contributed by atoms with Gasteiger partial charge in [-0.3, -0.25) is 0 Å². The summed E-state index contributed by atoms with van der Waals surface area (Å²) in [5.41, 5.74) is 0.875. The van der Waals surface area contributed by atoms with Crippen LogP contribution in [-0.4, -0.2) is 24.9 Å². The number of aliphatic hydroxyl groups is 1. The largest absolute Gasteiger partial charge is 0.493 e. The number of benzene rings is 1. The van der Waals surface area contributed by atoms with Crippen LogP contribution in [0.1, 0.15) is 25.0 Å². The van der Waals surface area contributed by atoms with Crippen molar-refractivity contribution in [3.8, 4) is 5.75 Å². The lowest BCUT2D eigenvalue weighted by molar-refractivity contribution is 0.0891. The molecule has 2 unspecified atom stereocenters. The molecule has 88 valence electrons. The van der Waals surface area contributed by atoms with Crippen LogP contribution in [0.5, 0.6) is 5.75 Å². The van der Waals surface area contributed by atoms with Crippen LogP contribution in [0.25, 0.3) is 0 Å². The summed E-state index contributed by atoms with van der Waals surface area (Å²) in [6.07, 6.45) is 0.437. The van der Waals surface area contributed by atoms with Crippen molar-refractivity contribution in [3.05, 3.63) is 29.8 Å². The van der Waals surface area contributed by atoms with Crippen molar-refractivity contribution in [3.63, 3.8) is 0 Å². The van der Waals surface area contributed by atoms with Gasteiger partial charge < -0.3 is 14.6 Å². The first kappa shape index (κ1) is 11.4. The molecule has 0 amide bonds. The Labute approximate surface area is 96.0 Å². The van der Waals surface area contributed by atoms with E-state index in [1.807, 2.05) is 31.2 Å². The van der Waals surface area contributed by atoms with Crippen molar-refractivity contribution in [1.29, 1.82) is 0 Å². The summed E-state index contributed by atoms with van der Waals surface area (Å²) in [5.74, 6) is 0.978. The Balaban J connectivity index is 2.17. The lowest BCUT2D eigenvalue weighted by atomic mass is 9.94. The maximum Gasteiger partial charge on any atom is 0.125 e. The zero-order valence-electron chi connectivity index (χ0n) is 9.56. The minimum atomic E-state index is -0.481. The van der Waals surface area contributed by atoms with Crippen LogP contribution in [0.3, 0.4) is 0 Å². The fourth-order valence-corrected chi connectivity index (χ4v) is 2.07. The van der Waals surface area contributed by atoms with Crippen molar-refractivity contribution in [2.75, 3.05) is 19.8 Å². The average molecular weight is 222 g/mol. The lowest BCUT2D eigenvalue weighted by Crippen LogP contribution is -2.13. The van der Waals surface area contributed by atoms with Crippen LogP contribution < -0.4 is 4.74 Å². The van der Waals surface area contributed by atoms with Gasteiger partial charge in [-0.2, -0.15) is 0 Å². The monoisotopic (exact) mass is 222 g/mol. The van der Waals surface area contributed by atoms with Gasteiger partial charge in [-0.15, -0.1) is 0 Å². The SMILES string of the molecule is CCOc1ccccc1C(O)C1CCOC1. The van der Waals surface area contributed by atoms with Crippen molar-refractivity contribution >= 4 is 0 Å². The number of hydrogen-bond donors (Lipinski definition) is 1. The molecular weight excluding hydrogens is 204 g/mol. The second-order valence-corrected chi connectivity index (χ2v) is 4.04. The number of hydrogen-bond acceptors (Lipinski definition) is 3. The van der Waals surface area contributed by atoms with Gasteiger partial charge in [0.2, 0.25) is 0 Å². The third-order valence-electron chi connectivity index (χ3n) is 2.95. The van der Waals surface area contributed by atoms with Crippen molar-refractivity contribution in [2.45, 2.75) is 19.4 Å². The third-order valence-corrected chi connectivity index (χ3v) is 2.95. The quantitative estimate of drug-likeness (QED) is 0.848. The Hall–Kier alpha value is -1.06. The molecule has 1 aliphatic rings. The Morgan fingerprint density at radius 1 is 1.50 bits per heavy atom. The maximum absolute atomic E-state index is 10.3. The molecule has 2 atom stereocenters. The van der Waals surface area contributed by atoms with E-state index in [4.69, 9.17) is 9.47 Å². The van der Waals surface area contributed by atoms with Gasteiger partial charge in [-0.25, -0.2) is 0 Å². The van der Waals surface area contributed by atoms with Crippen molar-refractivity contribution < 1.29 is 14.6 Å². The molecule has 1 fully saturated rings. The fraction of sp³-hybridized carbons (Fsp3) is 0.538. The van der Waals surface area contributed by atoms with Crippen LogP contribution in [0.2, 0.25) is 0 Å². The topological polar surface area (TPSA) is 38.7 Å². The van der Waals surface area contributed by atoms with Crippen molar-refractivity contribution in [1.82, 2.24) is 0 Å². The van der Waals surface area contributed by atoms with Crippen LogP contribution in [0, 0.1) is 5.92 Å². The Morgan fingerprint density at radius 3 is 3.00 bits per heavy atom. The molecule has 3 nitrogen and oxygen atoms in total. The molecular formula is C13H18O3. The summed E-state index contributed by atoms with van der Waals surface area (Å²) in [7, 11) is 0. The van der Waals surface area contributed by atoms with E-state index in [1.54, 1.807) is 0 Å². The summed E-state index contributed by atoms with van der Waals surface area (Å²) >= 11 is 0. The van der Waals surface area contributed by atoms with Gasteiger partial charge in [0, 0.05) is 18.1 Å². The van der Waals surface area contributed by atoms with Gasteiger partial charge in [-0.1, -0.05) is 18.2 Å². The van der Waals surface area contributed by atoms with Gasteiger partial charge in [0.1, 0.15) is 5.75 Å². The van der Waals surface area contributed by atoms with Crippen molar-refractivity contribution in [2.24, 2.45) is 5.92 Å². The molecule has 1 aromatic carbocycles. The van der Waals surface area contributed by atoms with E-state index in [9.17, 15) is 5.11 Å².